The summed E-state index contributed by atoms with van der Waals surface area (Å²) in [4.78, 5) is 21.9. The van der Waals surface area contributed by atoms with Crippen LogP contribution in [0, 0.1) is 27.7 Å². The van der Waals surface area contributed by atoms with Crippen molar-refractivity contribution >= 4 is 11.9 Å². The summed E-state index contributed by atoms with van der Waals surface area (Å²) >= 11 is 0. The molecule has 0 saturated heterocycles. The summed E-state index contributed by atoms with van der Waals surface area (Å²) in [6.07, 6.45) is 6.99. The Hall–Kier alpha value is -3.54. The van der Waals surface area contributed by atoms with Crippen molar-refractivity contribution in [2.24, 2.45) is 0 Å². The molecule has 2 aromatic heterocycles. The van der Waals surface area contributed by atoms with Crippen molar-refractivity contribution in [1.82, 2.24) is 0 Å². The Kier molecular flexibility index (Phi) is 5.96. The number of aromatic carboxylic acids is 2. The molecule has 0 atom stereocenters. The van der Waals surface area contributed by atoms with Crippen molar-refractivity contribution in [2.45, 2.75) is 40.8 Å². The molecule has 0 aliphatic carbocycles. The first-order valence-electron chi connectivity index (χ1n) is 9.68. The van der Waals surface area contributed by atoms with E-state index >= 15 is 0 Å². The third kappa shape index (κ3) is 4.22. The highest BCUT2D eigenvalue weighted by Gasteiger charge is 2.19. The number of hydrogen-bond acceptors (Lipinski definition) is 4. The van der Waals surface area contributed by atoms with Crippen molar-refractivity contribution in [3.8, 4) is 0 Å². The Labute approximate surface area is 175 Å². The van der Waals surface area contributed by atoms with E-state index in [1.807, 2.05) is 9.13 Å². The molecule has 30 heavy (non-hydrogen) atoms. The fourth-order valence-electron chi connectivity index (χ4n) is 3.70. The molecule has 1 aromatic carbocycles. The number of carbonyl (C=O) groups is 2. The van der Waals surface area contributed by atoms with E-state index in [0.717, 1.165) is 0 Å². The van der Waals surface area contributed by atoms with Gasteiger partial charge in [-0.25, -0.2) is 9.13 Å². The Morgan fingerprint density at radius 2 is 0.900 bits per heavy atom. The molecule has 2 heterocycles. The predicted molar refractivity (Wildman–Crippen MR) is 106 cm³/mol. The van der Waals surface area contributed by atoms with E-state index in [1.165, 1.54) is 33.4 Å². The first kappa shape index (κ1) is 21.2. The van der Waals surface area contributed by atoms with Gasteiger partial charge in [0.15, 0.2) is 37.9 Å². The van der Waals surface area contributed by atoms with Gasteiger partial charge in [0, 0.05) is 46.5 Å². The maximum Gasteiger partial charge on any atom is 0.174 e. The number of hydrogen-bond donors (Lipinski definition) is 0. The molecular weight excluding hydrogens is 380 g/mol. The minimum Gasteiger partial charge on any atom is -0.545 e. The number of carboxylic acid groups (broad SMARTS) is 2. The van der Waals surface area contributed by atoms with E-state index in [-0.39, 0.29) is 11.1 Å². The lowest BCUT2D eigenvalue weighted by atomic mass is 9.88. The number of rotatable bonds is 6. The van der Waals surface area contributed by atoms with Crippen molar-refractivity contribution in [1.29, 1.82) is 0 Å². The summed E-state index contributed by atoms with van der Waals surface area (Å²) in [7, 11) is 0. The van der Waals surface area contributed by atoms with Gasteiger partial charge in [-0.15, -0.1) is 0 Å². The summed E-state index contributed by atoms with van der Waals surface area (Å²) < 4.78 is 3.90. The molecule has 6 nitrogen and oxygen atoms in total. The average molecular weight is 404 g/mol. The van der Waals surface area contributed by atoms with E-state index in [2.05, 4.69) is 27.7 Å². The first-order chi connectivity index (χ1) is 14.2. The van der Waals surface area contributed by atoms with Gasteiger partial charge < -0.3 is 19.8 Å². The SMILES string of the molecule is Cc1c(C)c(C[n+]2ccc(C(=O)[O-])cc2)c(C)c(C)c1C[n+]1ccc(C(=O)[O-])cc1. The maximum absolute atomic E-state index is 11.0. The molecule has 0 radical (unpaired) electrons. The molecule has 0 N–H and O–H groups in total. The number of carbonyl (C=O) groups excluding carboxylic acids is 2. The zero-order valence-corrected chi connectivity index (χ0v) is 17.6. The third-order valence-corrected chi connectivity index (χ3v) is 5.87. The van der Waals surface area contributed by atoms with Gasteiger partial charge in [0.2, 0.25) is 0 Å². The van der Waals surface area contributed by atoms with Crippen LogP contribution in [0.2, 0.25) is 0 Å². The van der Waals surface area contributed by atoms with Crippen LogP contribution in [-0.2, 0) is 13.1 Å². The normalized spacial score (nSPS) is 10.8. The molecule has 0 aliphatic heterocycles. The van der Waals surface area contributed by atoms with Gasteiger partial charge in [-0.2, -0.15) is 0 Å². The van der Waals surface area contributed by atoms with Crippen molar-refractivity contribution < 1.29 is 28.9 Å². The predicted octanol–water partition coefficient (Wildman–Crippen LogP) is 0.319. The van der Waals surface area contributed by atoms with Crippen molar-refractivity contribution in [2.75, 3.05) is 0 Å². The highest BCUT2D eigenvalue weighted by molar-refractivity contribution is 5.85. The molecular formula is C24H24N2O4. The van der Waals surface area contributed by atoms with Crippen LogP contribution in [0.1, 0.15) is 54.1 Å². The number of pyridine rings is 2. The van der Waals surface area contributed by atoms with Gasteiger partial charge >= 0.3 is 0 Å². The fraction of sp³-hybridized carbons (Fsp3) is 0.250. The molecule has 0 saturated carbocycles. The van der Waals surface area contributed by atoms with Crippen LogP contribution in [-0.4, -0.2) is 11.9 Å². The van der Waals surface area contributed by atoms with E-state index in [1.54, 1.807) is 49.1 Å². The van der Waals surface area contributed by atoms with Crippen LogP contribution >= 0.6 is 0 Å². The van der Waals surface area contributed by atoms with E-state index in [9.17, 15) is 19.8 Å². The summed E-state index contributed by atoms with van der Waals surface area (Å²) in [5, 5.41) is 21.9. The molecule has 0 bridgehead atoms. The largest absolute Gasteiger partial charge is 0.545 e. The van der Waals surface area contributed by atoms with Crippen LogP contribution in [0.5, 0.6) is 0 Å². The smallest absolute Gasteiger partial charge is 0.174 e. The number of aromatic nitrogens is 2. The lowest BCUT2D eigenvalue weighted by Crippen LogP contribution is -2.37. The molecule has 0 fully saturated rings. The molecule has 0 unspecified atom stereocenters. The minimum absolute atomic E-state index is 0.157. The number of carboxylic acids is 2. The molecule has 3 rings (SSSR count). The summed E-state index contributed by atoms with van der Waals surface area (Å²) in [5.74, 6) is -2.37. The summed E-state index contributed by atoms with van der Waals surface area (Å²) in [6.45, 7) is 9.67. The first-order valence-corrected chi connectivity index (χ1v) is 9.68. The molecule has 6 heteroatoms. The van der Waals surface area contributed by atoms with Gasteiger partial charge in [-0.3, -0.25) is 0 Å². The second kappa shape index (κ2) is 8.45. The second-order valence-corrected chi connectivity index (χ2v) is 7.55. The van der Waals surface area contributed by atoms with Gasteiger partial charge in [0.05, 0.1) is 11.9 Å². The Morgan fingerprint density at radius 1 is 0.633 bits per heavy atom. The zero-order valence-electron chi connectivity index (χ0n) is 17.6. The molecule has 0 spiro atoms. The van der Waals surface area contributed by atoms with Gasteiger partial charge in [-0.05, 0) is 49.9 Å². The summed E-state index contributed by atoms with van der Waals surface area (Å²) in [5.41, 5.74) is 7.49. The minimum atomic E-state index is -1.18. The molecule has 3 aromatic rings. The Balaban J connectivity index is 1.93. The van der Waals surface area contributed by atoms with E-state index in [0.29, 0.717) is 13.1 Å². The van der Waals surface area contributed by atoms with Crippen LogP contribution in [0.25, 0.3) is 0 Å². The highest BCUT2D eigenvalue weighted by Crippen LogP contribution is 2.26. The van der Waals surface area contributed by atoms with Crippen molar-refractivity contribution in [3.63, 3.8) is 0 Å². The second-order valence-electron chi connectivity index (χ2n) is 7.55. The Bertz CT molecular complexity index is 998. The standard InChI is InChI=1S/C24H24N2O4/c1-15-16(2)22(14-26-11-7-20(8-12-26)24(29)30)18(4)17(3)21(15)13-25-9-5-19(6-10-25)23(27)28/h5-12H,13-14H2,1-4H3. The van der Waals surface area contributed by atoms with Gasteiger partial charge in [0.25, 0.3) is 0 Å². The quantitative estimate of drug-likeness (QED) is 0.554. The number of benzene rings is 1. The van der Waals surface area contributed by atoms with Crippen LogP contribution in [0.4, 0.5) is 0 Å². The maximum atomic E-state index is 11.0. The van der Waals surface area contributed by atoms with Crippen LogP contribution in [0.15, 0.2) is 49.1 Å². The lowest BCUT2D eigenvalue weighted by Gasteiger charge is -2.18. The summed E-state index contributed by atoms with van der Waals surface area (Å²) in [6, 6.07) is 6.17. The average Bonchev–Trinajstić information content (AvgIpc) is 2.73. The van der Waals surface area contributed by atoms with Crippen molar-refractivity contribution in [3.05, 3.63) is 93.6 Å². The molecule has 0 aliphatic rings. The lowest BCUT2D eigenvalue weighted by molar-refractivity contribution is -0.689. The fourth-order valence-corrected chi connectivity index (χ4v) is 3.70. The van der Waals surface area contributed by atoms with Crippen LogP contribution < -0.4 is 19.3 Å². The third-order valence-electron chi connectivity index (χ3n) is 5.87. The molecule has 154 valence electrons. The van der Waals surface area contributed by atoms with Gasteiger partial charge in [0.1, 0.15) is 0 Å². The van der Waals surface area contributed by atoms with E-state index < -0.39 is 11.9 Å². The zero-order chi connectivity index (χ0) is 22.0. The van der Waals surface area contributed by atoms with E-state index in [4.69, 9.17) is 0 Å². The molecule has 0 amide bonds. The Morgan fingerprint density at radius 3 is 1.13 bits per heavy atom. The van der Waals surface area contributed by atoms with Gasteiger partial charge in [-0.1, -0.05) is 0 Å². The topological polar surface area (TPSA) is 88.0 Å². The monoisotopic (exact) mass is 404 g/mol. The van der Waals surface area contributed by atoms with Crippen LogP contribution in [0.3, 0.4) is 0 Å². The number of nitrogens with zero attached hydrogens (tertiary/aromatic N) is 2. The highest BCUT2D eigenvalue weighted by atomic mass is 16.4.